The molecule has 1 aliphatic carbocycles. The van der Waals surface area contributed by atoms with Crippen molar-refractivity contribution >= 4 is 5.91 Å². The summed E-state index contributed by atoms with van der Waals surface area (Å²) < 4.78 is 0. The van der Waals surface area contributed by atoms with Crippen LogP contribution in [0.2, 0.25) is 0 Å². The normalized spacial score (nSPS) is 31.5. The van der Waals surface area contributed by atoms with Gasteiger partial charge in [-0.05, 0) is 54.9 Å². The monoisotopic (exact) mass is 294 g/mol. The number of nitrogens with two attached hydrogens (primary N) is 1. The summed E-state index contributed by atoms with van der Waals surface area (Å²) in [5, 5.41) is 0. The highest BCUT2D eigenvalue weighted by Crippen LogP contribution is 2.52. The van der Waals surface area contributed by atoms with Crippen molar-refractivity contribution in [3.8, 4) is 0 Å². The fourth-order valence-electron chi connectivity index (χ4n) is 4.86. The Morgan fingerprint density at radius 1 is 1.24 bits per heavy atom. The first kappa shape index (κ1) is 16.8. The van der Waals surface area contributed by atoms with E-state index >= 15 is 0 Å². The maximum Gasteiger partial charge on any atom is 0.222 e. The Kier molecular flexibility index (Phi) is 4.45. The van der Waals surface area contributed by atoms with Crippen molar-refractivity contribution in [1.29, 1.82) is 0 Å². The molecule has 0 aromatic heterocycles. The second-order valence-electron chi connectivity index (χ2n) is 9.44. The molecule has 3 heteroatoms. The molecule has 0 radical (unpaired) electrons. The van der Waals surface area contributed by atoms with Crippen LogP contribution in [0.15, 0.2) is 0 Å². The molecule has 0 aromatic rings. The van der Waals surface area contributed by atoms with Crippen LogP contribution in [-0.2, 0) is 4.79 Å². The number of rotatable bonds is 5. The van der Waals surface area contributed by atoms with E-state index in [0.717, 1.165) is 19.4 Å². The average molecular weight is 294 g/mol. The maximum atomic E-state index is 12.7. The van der Waals surface area contributed by atoms with Crippen molar-refractivity contribution in [2.24, 2.45) is 22.0 Å². The fraction of sp³-hybridized carbons (Fsp3) is 0.944. The lowest BCUT2D eigenvalue weighted by Gasteiger charge is -2.39. The summed E-state index contributed by atoms with van der Waals surface area (Å²) in [6.07, 6.45) is 6.24. The molecule has 1 saturated heterocycles. The van der Waals surface area contributed by atoms with Gasteiger partial charge in [-0.25, -0.2) is 0 Å². The van der Waals surface area contributed by atoms with Gasteiger partial charge in [-0.2, -0.15) is 0 Å². The molecule has 1 saturated carbocycles. The Labute approximate surface area is 130 Å². The number of amides is 1. The Hall–Kier alpha value is -0.570. The molecule has 2 atom stereocenters. The smallest absolute Gasteiger partial charge is 0.222 e. The average Bonchev–Trinajstić information content (AvgIpc) is 2.55. The number of likely N-dealkylation sites (tertiary alicyclic amines) is 1. The standard InChI is InChI=1S/C18H34N2O/c1-16(2,8-9-19)7-6-15(21)20-13-18(5)11-14(20)10-17(3,4)12-18/h14H,6-13,19H2,1-5H3. The van der Waals surface area contributed by atoms with E-state index in [1.165, 1.54) is 19.3 Å². The van der Waals surface area contributed by atoms with E-state index in [1.54, 1.807) is 0 Å². The van der Waals surface area contributed by atoms with Gasteiger partial charge >= 0.3 is 0 Å². The molecule has 122 valence electrons. The van der Waals surface area contributed by atoms with Crippen LogP contribution in [0.5, 0.6) is 0 Å². The van der Waals surface area contributed by atoms with Gasteiger partial charge in [-0.15, -0.1) is 0 Å². The van der Waals surface area contributed by atoms with Gasteiger partial charge < -0.3 is 10.6 Å². The summed E-state index contributed by atoms with van der Waals surface area (Å²) in [7, 11) is 0. The van der Waals surface area contributed by atoms with Gasteiger partial charge in [0.1, 0.15) is 0 Å². The molecule has 1 aliphatic heterocycles. The van der Waals surface area contributed by atoms with E-state index in [-0.39, 0.29) is 5.41 Å². The summed E-state index contributed by atoms with van der Waals surface area (Å²) in [5.74, 6) is 0.367. The largest absolute Gasteiger partial charge is 0.339 e. The van der Waals surface area contributed by atoms with Crippen LogP contribution < -0.4 is 5.73 Å². The number of carbonyl (C=O) groups excluding carboxylic acids is 1. The number of carbonyl (C=O) groups is 1. The Balaban J connectivity index is 1.95. The summed E-state index contributed by atoms with van der Waals surface area (Å²) in [5.41, 5.74) is 6.57. The molecule has 3 nitrogen and oxygen atoms in total. The first-order valence-corrected chi connectivity index (χ1v) is 8.56. The molecular weight excluding hydrogens is 260 g/mol. The van der Waals surface area contributed by atoms with Gasteiger partial charge in [0.25, 0.3) is 0 Å². The SMILES string of the molecule is CC(C)(CCN)CCC(=O)N1CC2(C)CC1CC(C)(C)C2. The van der Waals surface area contributed by atoms with Crippen LogP contribution in [0.1, 0.15) is 73.1 Å². The van der Waals surface area contributed by atoms with E-state index in [9.17, 15) is 4.79 Å². The van der Waals surface area contributed by atoms with Crippen molar-refractivity contribution in [2.75, 3.05) is 13.1 Å². The van der Waals surface area contributed by atoms with Crippen molar-refractivity contribution in [3.05, 3.63) is 0 Å². The van der Waals surface area contributed by atoms with Crippen molar-refractivity contribution < 1.29 is 4.79 Å². The molecule has 2 rings (SSSR count). The Morgan fingerprint density at radius 2 is 1.90 bits per heavy atom. The zero-order valence-corrected chi connectivity index (χ0v) is 14.7. The van der Waals surface area contributed by atoms with Gasteiger partial charge in [0, 0.05) is 19.0 Å². The molecule has 2 N–H and O–H groups in total. The van der Waals surface area contributed by atoms with Crippen molar-refractivity contribution in [2.45, 2.75) is 79.2 Å². The van der Waals surface area contributed by atoms with Crippen LogP contribution in [0.4, 0.5) is 0 Å². The highest BCUT2D eigenvalue weighted by atomic mass is 16.2. The molecule has 0 aromatic carbocycles. The van der Waals surface area contributed by atoms with Crippen LogP contribution >= 0.6 is 0 Å². The zero-order valence-electron chi connectivity index (χ0n) is 14.7. The Morgan fingerprint density at radius 3 is 2.52 bits per heavy atom. The third kappa shape index (κ3) is 4.00. The lowest BCUT2D eigenvalue weighted by molar-refractivity contribution is -0.133. The molecule has 0 spiro atoms. The van der Waals surface area contributed by atoms with Crippen molar-refractivity contribution in [3.63, 3.8) is 0 Å². The van der Waals surface area contributed by atoms with Gasteiger partial charge in [0.15, 0.2) is 0 Å². The minimum atomic E-state index is 0.183. The predicted octanol–water partition coefficient (Wildman–Crippen LogP) is 3.57. The summed E-state index contributed by atoms with van der Waals surface area (Å²) in [6.45, 7) is 13.2. The van der Waals surface area contributed by atoms with Gasteiger partial charge in [-0.1, -0.05) is 34.6 Å². The highest BCUT2D eigenvalue weighted by molar-refractivity contribution is 5.77. The lowest BCUT2D eigenvalue weighted by Crippen LogP contribution is -2.38. The molecule has 21 heavy (non-hydrogen) atoms. The topological polar surface area (TPSA) is 46.3 Å². The number of hydrogen-bond acceptors (Lipinski definition) is 2. The molecular formula is C18H34N2O. The maximum absolute atomic E-state index is 12.7. The molecule has 2 bridgehead atoms. The van der Waals surface area contributed by atoms with Gasteiger partial charge in [-0.3, -0.25) is 4.79 Å². The van der Waals surface area contributed by atoms with Gasteiger partial charge in [0.05, 0.1) is 0 Å². The number of fused-ring (bicyclic) bond motifs is 2. The van der Waals surface area contributed by atoms with Crippen molar-refractivity contribution in [1.82, 2.24) is 4.90 Å². The lowest BCUT2D eigenvalue weighted by atomic mass is 9.65. The second kappa shape index (κ2) is 5.57. The third-order valence-electron chi connectivity index (χ3n) is 5.57. The summed E-state index contributed by atoms with van der Waals surface area (Å²) >= 11 is 0. The van der Waals surface area contributed by atoms with E-state index in [0.29, 0.717) is 35.7 Å². The molecule has 1 heterocycles. The first-order chi connectivity index (χ1) is 9.56. The first-order valence-electron chi connectivity index (χ1n) is 8.56. The molecule has 2 unspecified atom stereocenters. The van der Waals surface area contributed by atoms with Gasteiger partial charge in [0.2, 0.25) is 5.91 Å². The van der Waals surface area contributed by atoms with Crippen LogP contribution in [0, 0.1) is 16.2 Å². The summed E-state index contributed by atoms with van der Waals surface area (Å²) in [4.78, 5) is 14.9. The van der Waals surface area contributed by atoms with Crippen LogP contribution in [0.25, 0.3) is 0 Å². The fourth-order valence-corrected chi connectivity index (χ4v) is 4.86. The molecule has 2 aliphatic rings. The quantitative estimate of drug-likeness (QED) is 0.842. The summed E-state index contributed by atoms with van der Waals surface area (Å²) in [6, 6.07) is 0.476. The minimum absolute atomic E-state index is 0.183. The van der Waals surface area contributed by atoms with Crippen LogP contribution in [-0.4, -0.2) is 29.9 Å². The number of hydrogen-bond donors (Lipinski definition) is 1. The zero-order chi connectivity index (χ0) is 15.9. The Bertz CT molecular complexity index is 402. The van der Waals surface area contributed by atoms with E-state index in [4.69, 9.17) is 5.73 Å². The van der Waals surface area contributed by atoms with E-state index < -0.39 is 0 Å². The van der Waals surface area contributed by atoms with E-state index in [2.05, 4.69) is 39.5 Å². The minimum Gasteiger partial charge on any atom is -0.339 e. The number of nitrogens with zero attached hydrogens (tertiary/aromatic N) is 1. The third-order valence-corrected chi connectivity index (χ3v) is 5.57. The van der Waals surface area contributed by atoms with E-state index in [1.807, 2.05) is 0 Å². The predicted molar refractivity (Wildman–Crippen MR) is 87.9 cm³/mol. The second-order valence-corrected chi connectivity index (χ2v) is 9.44. The highest BCUT2D eigenvalue weighted by Gasteiger charge is 2.50. The van der Waals surface area contributed by atoms with Crippen LogP contribution in [0.3, 0.4) is 0 Å². The molecule has 1 amide bonds. The molecule has 2 fully saturated rings.